The van der Waals surface area contributed by atoms with E-state index in [1.54, 1.807) is 0 Å². The molecule has 0 unspecified atom stereocenters. The third-order valence-corrected chi connectivity index (χ3v) is 3.72. The molecule has 2 nitrogen and oxygen atoms in total. The predicted molar refractivity (Wildman–Crippen MR) is 95.4 cm³/mol. The van der Waals surface area contributed by atoms with Crippen molar-refractivity contribution in [1.82, 2.24) is 0 Å². The molecule has 0 N–H and O–H groups in total. The summed E-state index contributed by atoms with van der Waals surface area (Å²) in [4.78, 5) is 12.9. The second kappa shape index (κ2) is 8.18. The second-order valence-electron chi connectivity index (χ2n) is 5.48. The summed E-state index contributed by atoms with van der Waals surface area (Å²) in [5.74, 6) is 0. The van der Waals surface area contributed by atoms with Crippen LogP contribution in [0.1, 0.15) is 41.3 Å². The maximum absolute atomic E-state index is 10.6. The average Bonchev–Trinajstić information content (AvgIpc) is 2.58. The Bertz CT molecular complexity index is 611. The summed E-state index contributed by atoms with van der Waals surface area (Å²) in [7, 11) is 2.13. The van der Waals surface area contributed by atoms with Gasteiger partial charge in [0.05, 0.1) is 0 Å². The van der Waals surface area contributed by atoms with Gasteiger partial charge in [-0.05, 0) is 29.7 Å². The molecule has 0 aromatic heterocycles. The van der Waals surface area contributed by atoms with E-state index in [-0.39, 0.29) is 0 Å². The van der Waals surface area contributed by atoms with Crippen LogP contribution in [-0.4, -0.2) is 19.9 Å². The fourth-order valence-electron chi connectivity index (χ4n) is 2.24. The highest BCUT2D eigenvalue weighted by Crippen LogP contribution is 2.16. The Kier molecular flexibility index (Phi) is 5.96. The van der Waals surface area contributed by atoms with Crippen LogP contribution in [0.4, 0.5) is 5.69 Å². The number of carbonyl (C=O) groups is 1. The number of benzene rings is 2. The Balaban J connectivity index is 2.00. The lowest BCUT2D eigenvalue weighted by Crippen LogP contribution is -2.17. The predicted octanol–water partition coefficient (Wildman–Crippen LogP) is 4.91. The van der Waals surface area contributed by atoms with Gasteiger partial charge in [-0.3, -0.25) is 4.79 Å². The first-order chi connectivity index (χ1) is 10.7. The van der Waals surface area contributed by atoms with Crippen molar-refractivity contribution < 1.29 is 4.79 Å². The number of carbonyl (C=O) groups excluding carboxylic acids is 1. The summed E-state index contributed by atoms with van der Waals surface area (Å²) in [6, 6.07) is 16.1. The van der Waals surface area contributed by atoms with Crippen molar-refractivity contribution in [2.75, 3.05) is 18.5 Å². The van der Waals surface area contributed by atoms with E-state index < -0.39 is 0 Å². The van der Waals surface area contributed by atoms with Crippen molar-refractivity contribution in [2.24, 2.45) is 0 Å². The maximum atomic E-state index is 10.6. The van der Waals surface area contributed by atoms with Gasteiger partial charge in [0.15, 0.2) is 0 Å². The standard InChI is InChI=1S/C20H23NO/c1-3-4-15-21(2)20-13-11-18(12-14-20)6-5-17-7-9-19(16-22)10-8-17/h5-14,16H,3-4,15H2,1-2H3/b6-5+. The first-order valence-electron chi connectivity index (χ1n) is 7.77. The lowest BCUT2D eigenvalue weighted by molar-refractivity contribution is 0.112. The van der Waals surface area contributed by atoms with E-state index in [1.807, 2.05) is 24.3 Å². The second-order valence-corrected chi connectivity index (χ2v) is 5.48. The van der Waals surface area contributed by atoms with Crippen molar-refractivity contribution in [3.05, 3.63) is 65.2 Å². The minimum Gasteiger partial charge on any atom is -0.375 e. The molecule has 0 saturated heterocycles. The van der Waals surface area contributed by atoms with Crippen molar-refractivity contribution >= 4 is 24.1 Å². The van der Waals surface area contributed by atoms with Crippen LogP contribution in [-0.2, 0) is 0 Å². The number of nitrogens with zero attached hydrogens (tertiary/aromatic N) is 1. The van der Waals surface area contributed by atoms with Crippen LogP contribution in [0.2, 0.25) is 0 Å². The van der Waals surface area contributed by atoms with E-state index in [0.717, 1.165) is 18.4 Å². The Morgan fingerprint density at radius 2 is 1.36 bits per heavy atom. The molecule has 0 bridgehead atoms. The summed E-state index contributed by atoms with van der Waals surface area (Å²) < 4.78 is 0. The molecule has 0 aliphatic carbocycles. The van der Waals surface area contributed by atoms with Gasteiger partial charge < -0.3 is 4.90 Å². The lowest BCUT2D eigenvalue weighted by Gasteiger charge is -2.18. The van der Waals surface area contributed by atoms with Gasteiger partial charge >= 0.3 is 0 Å². The highest BCUT2D eigenvalue weighted by atomic mass is 16.1. The number of rotatable bonds is 7. The molecular weight excluding hydrogens is 270 g/mol. The Hall–Kier alpha value is -2.35. The quantitative estimate of drug-likeness (QED) is 0.534. The third kappa shape index (κ3) is 4.59. The van der Waals surface area contributed by atoms with Crippen molar-refractivity contribution in [3.63, 3.8) is 0 Å². The molecule has 114 valence electrons. The molecule has 2 aromatic rings. The largest absolute Gasteiger partial charge is 0.375 e. The van der Waals surface area contributed by atoms with Crippen LogP contribution in [0, 0.1) is 0 Å². The van der Waals surface area contributed by atoms with Gasteiger partial charge in [-0.1, -0.05) is 61.9 Å². The molecule has 0 fully saturated rings. The number of hydrogen-bond acceptors (Lipinski definition) is 2. The Morgan fingerprint density at radius 1 is 0.864 bits per heavy atom. The maximum Gasteiger partial charge on any atom is 0.150 e. The topological polar surface area (TPSA) is 20.3 Å². The lowest BCUT2D eigenvalue weighted by atomic mass is 10.1. The van der Waals surface area contributed by atoms with Crippen molar-refractivity contribution in [3.8, 4) is 0 Å². The minimum absolute atomic E-state index is 0.705. The van der Waals surface area contributed by atoms with Gasteiger partial charge in [-0.2, -0.15) is 0 Å². The van der Waals surface area contributed by atoms with Gasteiger partial charge in [0.25, 0.3) is 0 Å². The Labute approximate surface area is 133 Å². The van der Waals surface area contributed by atoms with E-state index in [9.17, 15) is 4.79 Å². The third-order valence-electron chi connectivity index (χ3n) is 3.72. The molecule has 2 rings (SSSR count). The number of anilines is 1. The highest BCUT2D eigenvalue weighted by Gasteiger charge is 1.99. The first kappa shape index (κ1) is 16.0. The fourth-order valence-corrected chi connectivity index (χ4v) is 2.24. The highest BCUT2D eigenvalue weighted by molar-refractivity contribution is 5.76. The van der Waals surface area contributed by atoms with E-state index in [2.05, 4.69) is 55.3 Å². The molecule has 0 radical (unpaired) electrons. The minimum atomic E-state index is 0.705. The van der Waals surface area contributed by atoms with E-state index in [1.165, 1.54) is 24.1 Å². The molecular formula is C20H23NO. The zero-order chi connectivity index (χ0) is 15.8. The summed E-state index contributed by atoms with van der Waals surface area (Å²) in [6.45, 7) is 3.30. The smallest absolute Gasteiger partial charge is 0.150 e. The SMILES string of the molecule is CCCCN(C)c1ccc(/C=C/c2ccc(C=O)cc2)cc1. The molecule has 0 aliphatic heterocycles. The number of hydrogen-bond donors (Lipinski definition) is 0. The van der Waals surface area contributed by atoms with Crippen molar-refractivity contribution in [2.45, 2.75) is 19.8 Å². The van der Waals surface area contributed by atoms with Gasteiger partial charge in [0, 0.05) is 24.8 Å². The zero-order valence-corrected chi connectivity index (χ0v) is 13.3. The molecule has 0 aliphatic rings. The molecule has 0 amide bonds. The van der Waals surface area contributed by atoms with Crippen LogP contribution in [0.15, 0.2) is 48.5 Å². The van der Waals surface area contributed by atoms with Gasteiger partial charge in [0.2, 0.25) is 0 Å². The van der Waals surface area contributed by atoms with Crippen LogP contribution in [0.3, 0.4) is 0 Å². The van der Waals surface area contributed by atoms with Crippen LogP contribution in [0.5, 0.6) is 0 Å². The summed E-state index contributed by atoms with van der Waals surface area (Å²) >= 11 is 0. The van der Waals surface area contributed by atoms with Crippen molar-refractivity contribution in [1.29, 1.82) is 0 Å². The van der Waals surface area contributed by atoms with Crippen LogP contribution < -0.4 is 4.90 Å². The van der Waals surface area contributed by atoms with Gasteiger partial charge in [-0.25, -0.2) is 0 Å². The first-order valence-corrected chi connectivity index (χ1v) is 7.77. The summed E-state index contributed by atoms with van der Waals surface area (Å²) in [6.07, 6.45) is 7.44. The van der Waals surface area contributed by atoms with E-state index in [4.69, 9.17) is 0 Å². The van der Waals surface area contributed by atoms with Gasteiger partial charge in [-0.15, -0.1) is 0 Å². The molecule has 0 saturated carbocycles. The Morgan fingerprint density at radius 3 is 1.86 bits per heavy atom. The van der Waals surface area contributed by atoms with Gasteiger partial charge in [0.1, 0.15) is 6.29 Å². The van der Waals surface area contributed by atoms with E-state index in [0.29, 0.717) is 5.56 Å². The molecule has 2 heteroatoms. The molecule has 0 spiro atoms. The fraction of sp³-hybridized carbons (Fsp3) is 0.250. The van der Waals surface area contributed by atoms with Crippen LogP contribution in [0.25, 0.3) is 12.2 Å². The van der Waals surface area contributed by atoms with Crippen LogP contribution >= 0.6 is 0 Å². The average molecular weight is 293 g/mol. The molecule has 22 heavy (non-hydrogen) atoms. The summed E-state index contributed by atoms with van der Waals surface area (Å²) in [5, 5.41) is 0. The molecule has 0 heterocycles. The molecule has 0 atom stereocenters. The normalized spacial score (nSPS) is 10.8. The molecule has 2 aromatic carbocycles. The summed E-state index contributed by atoms with van der Waals surface area (Å²) in [5.41, 5.74) is 4.22. The number of aldehydes is 1. The van der Waals surface area contributed by atoms with E-state index >= 15 is 0 Å². The monoisotopic (exact) mass is 293 g/mol. The zero-order valence-electron chi connectivity index (χ0n) is 13.3. The number of unbranched alkanes of at least 4 members (excludes halogenated alkanes) is 1.